The number of ketones is 1. The lowest BCUT2D eigenvalue weighted by atomic mass is 9.70. The molecule has 0 radical (unpaired) electrons. The van der Waals surface area contributed by atoms with Gasteiger partial charge in [0.15, 0.2) is 0 Å². The SMILES string of the molecule is C=CC(C)(C)C1CCCCC1=O. The fourth-order valence-corrected chi connectivity index (χ4v) is 1.91. The molecule has 0 aromatic carbocycles. The zero-order chi connectivity index (χ0) is 9.19. The van der Waals surface area contributed by atoms with Gasteiger partial charge in [-0.05, 0) is 18.3 Å². The Bertz CT molecular complexity index is 191. The van der Waals surface area contributed by atoms with Crippen LogP contribution in [0.4, 0.5) is 0 Å². The summed E-state index contributed by atoms with van der Waals surface area (Å²) in [7, 11) is 0. The lowest BCUT2D eigenvalue weighted by Gasteiger charge is -2.33. The lowest BCUT2D eigenvalue weighted by molar-refractivity contribution is -0.127. The normalized spacial score (nSPS) is 25.5. The third-order valence-electron chi connectivity index (χ3n) is 2.98. The Kier molecular flexibility index (Phi) is 2.71. The standard InChI is InChI=1S/C11H18O/c1-4-11(2,3)9-7-5-6-8-10(9)12/h4,9H,1,5-8H2,2-3H3. The van der Waals surface area contributed by atoms with Crippen LogP contribution in [0.25, 0.3) is 0 Å². The first-order chi connectivity index (χ1) is 5.58. The van der Waals surface area contributed by atoms with E-state index in [0.29, 0.717) is 5.78 Å². The molecule has 1 fully saturated rings. The van der Waals surface area contributed by atoms with Crippen molar-refractivity contribution in [2.45, 2.75) is 39.5 Å². The van der Waals surface area contributed by atoms with Gasteiger partial charge >= 0.3 is 0 Å². The smallest absolute Gasteiger partial charge is 0.136 e. The van der Waals surface area contributed by atoms with Crippen molar-refractivity contribution < 1.29 is 4.79 Å². The molecule has 0 aromatic rings. The van der Waals surface area contributed by atoms with Crippen LogP contribution < -0.4 is 0 Å². The number of carbonyl (C=O) groups is 1. The largest absolute Gasteiger partial charge is 0.299 e. The highest BCUT2D eigenvalue weighted by atomic mass is 16.1. The van der Waals surface area contributed by atoms with Crippen LogP contribution in [0.2, 0.25) is 0 Å². The number of hydrogen-bond acceptors (Lipinski definition) is 1. The van der Waals surface area contributed by atoms with Crippen LogP contribution in [0.15, 0.2) is 12.7 Å². The fraction of sp³-hybridized carbons (Fsp3) is 0.727. The zero-order valence-corrected chi connectivity index (χ0v) is 8.10. The Morgan fingerprint density at radius 2 is 2.17 bits per heavy atom. The van der Waals surface area contributed by atoms with Gasteiger partial charge in [0, 0.05) is 12.3 Å². The van der Waals surface area contributed by atoms with Gasteiger partial charge in [-0.1, -0.05) is 26.3 Å². The number of carbonyl (C=O) groups excluding carboxylic acids is 1. The minimum absolute atomic E-state index is 0.00248. The summed E-state index contributed by atoms with van der Waals surface area (Å²) in [6.45, 7) is 8.00. The summed E-state index contributed by atoms with van der Waals surface area (Å²) in [5, 5.41) is 0. The van der Waals surface area contributed by atoms with Crippen LogP contribution in [0, 0.1) is 11.3 Å². The number of allylic oxidation sites excluding steroid dienone is 1. The molecule has 0 aromatic heterocycles. The molecule has 68 valence electrons. The second kappa shape index (κ2) is 3.42. The van der Waals surface area contributed by atoms with Crippen molar-refractivity contribution >= 4 is 5.78 Å². The van der Waals surface area contributed by atoms with E-state index in [2.05, 4.69) is 20.4 Å². The molecule has 1 heteroatoms. The molecule has 0 N–H and O–H groups in total. The van der Waals surface area contributed by atoms with E-state index in [-0.39, 0.29) is 11.3 Å². The third-order valence-corrected chi connectivity index (χ3v) is 2.98. The average Bonchev–Trinajstić information content (AvgIpc) is 2.05. The summed E-state index contributed by atoms with van der Waals surface area (Å²) in [6, 6.07) is 0. The summed E-state index contributed by atoms with van der Waals surface area (Å²) >= 11 is 0. The van der Waals surface area contributed by atoms with Gasteiger partial charge in [0.1, 0.15) is 5.78 Å². The Morgan fingerprint density at radius 3 is 2.67 bits per heavy atom. The third kappa shape index (κ3) is 1.77. The van der Waals surface area contributed by atoms with E-state index in [1.165, 1.54) is 6.42 Å². The first-order valence-corrected chi connectivity index (χ1v) is 4.74. The number of hydrogen-bond donors (Lipinski definition) is 0. The molecule has 0 spiro atoms. The van der Waals surface area contributed by atoms with E-state index >= 15 is 0 Å². The number of rotatable bonds is 2. The molecule has 0 bridgehead atoms. The van der Waals surface area contributed by atoms with Gasteiger partial charge in [-0.15, -0.1) is 6.58 Å². The Labute approximate surface area is 74.9 Å². The molecule has 1 nitrogen and oxygen atoms in total. The Balaban J connectivity index is 2.71. The van der Waals surface area contributed by atoms with E-state index in [1.54, 1.807) is 0 Å². The minimum Gasteiger partial charge on any atom is -0.299 e. The van der Waals surface area contributed by atoms with Gasteiger partial charge in [0.05, 0.1) is 0 Å². The van der Waals surface area contributed by atoms with Crippen molar-refractivity contribution in [3.63, 3.8) is 0 Å². The lowest BCUT2D eigenvalue weighted by Crippen LogP contribution is -2.31. The second-order valence-corrected chi connectivity index (χ2v) is 4.29. The Morgan fingerprint density at radius 1 is 1.50 bits per heavy atom. The zero-order valence-electron chi connectivity index (χ0n) is 8.10. The van der Waals surface area contributed by atoms with Gasteiger partial charge in [0.25, 0.3) is 0 Å². The molecule has 1 aliphatic rings. The highest BCUT2D eigenvalue weighted by Crippen LogP contribution is 2.36. The van der Waals surface area contributed by atoms with Crippen LogP contribution >= 0.6 is 0 Å². The second-order valence-electron chi connectivity index (χ2n) is 4.29. The quantitative estimate of drug-likeness (QED) is 0.576. The first kappa shape index (κ1) is 9.50. The molecule has 1 rings (SSSR count). The van der Waals surface area contributed by atoms with Crippen molar-refractivity contribution in [3.05, 3.63) is 12.7 Å². The minimum atomic E-state index is -0.00248. The molecular weight excluding hydrogens is 148 g/mol. The maximum Gasteiger partial charge on any atom is 0.136 e. The van der Waals surface area contributed by atoms with Crippen molar-refractivity contribution in [3.8, 4) is 0 Å². The van der Waals surface area contributed by atoms with Crippen molar-refractivity contribution in [1.82, 2.24) is 0 Å². The van der Waals surface area contributed by atoms with Gasteiger partial charge in [-0.3, -0.25) is 4.79 Å². The molecule has 1 saturated carbocycles. The maximum atomic E-state index is 11.6. The van der Waals surface area contributed by atoms with E-state index in [9.17, 15) is 4.79 Å². The van der Waals surface area contributed by atoms with Crippen LogP contribution in [0.1, 0.15) is 39.5 Å². The monoisotopic (exact) mass is 166 g/mol. The van der Waals surface area contributed by atoms with Crippen LogP contribution in [0.5, 0.6) is 0 Å². The molecule has 0 saturated heterocycles. The predicted octanol–water partition coefficient (Wildman–Crippen LogP) is 2.96. The maximum absolute atomic E-state index is 11.6. The topological polar surface area (TPSA) is 17.1 Å². The van der Waals surface area contributed by atoms with E-state index < -0.39 is 0 Å². The highest BCUT2D eigenvalue weighted by Gasteiger charge is 2.33. The van der Waals surface area contributed by atoms with Crippen LogP contribution in [-0.2, 0) is 4.79 Å². The van der Waals surface area contributed by atoms with Gasteiger partial charge < -0.3 is 0 Å². The van der Waals surface area contributed by atoms with E-state index in [0.717, 1.165) is 19.3 Å². The van der Waals surface area contributed by atoms with Crippen molar-refractivity contribution in [1.29, 1.82) is 0 Å². The average molecular weight is 166 g/mol. The molecule has 1 unspecified atom stereocenters. The summed E-state index contributed by atoms with van der Waals surface area (Å²) < 4.78 is 0. The molecule has 12 heavy (non-hydrogen) atoms. The summed E-state index contributed by atoms with van der Waals surface area (Å²) in [5.74, 6) is 0.662. The summed E-state index contributed by atoms with van der Waals surface area (Å²) in [4.78, 5) is 11.6. The van der Waals surface area contributed by atoms with Gasteiger partial charge in [-0.25, -0.2) is 0 Å². The predicted molar refractivity (Wildman–Crippen MR) is 50.9 cm³/mol. The molecular formula is C11H18O. The Hall–Kier alpha value is -0.590. The molecule has 0 aliphatic heterocycles. The van der Waals surface area contributed by atoms with Crippen LogP contribution in [0.3, 0.4) is 0 Å². The van der Waals surface area contributed by atoms with E-state index in [1.807, 2.05) is 6.08 Å². The highest BCUT2D eigenvalue weighted by molar-refractivity contribution is 5.82. The van der Waals surface area contributed by atoms with Crippen molar-refractivity contribution in [2.75, 3.05) is 0 Å². The molecule has 1 atom stereocenters. The van der Waals surface area contributed by atoms with Crippen LogP contribution in [-0.4, -0.2) is 5.78 Å². The molecule has 0 amide bonds. The first-order valence-electron chi connectivity index (χ1n) is 4.74. The van der Waals surface area contributed by atoms with Gasteiger partial charge in [-0.2, -0.15) is 0 Å². The fourth-order valence-electron chi connectivity index (χ4n) is 1.91. The van der Waals surface area contributed by atoms with Crippen molar-refractivity contribution in [2.24, 2.45) is 11.3 Å². The molecule has 0 heterocycles. The summed E-state index contributed by atoms with van der Waals surface area (Å²) in [6.07, 6.45) is 6.04. The molecule has 1 aliphatic carbocycles. The summed E-state index contributed by atoms with van der Waals surface area (Å²) in [5.41, 5.74) is -0.00248. The van der Waals surface area contributed by atoms with Gasteiger partial charge in [0.2, 0.25) is 0 Å². The number of Topliss-reactive ketones (excluding diaryl/α,β-unsaturated/α-hetero) is 1. The van der Waals surface area contributed by atoms with E-state index in [4.69, 9.17) is 0 Å².